The van der Waals surface area contributed by atoms with Crippen molar-refractivity contribution in [2.24, 2.45) is 5.92 Å². The topological polar surface area (TPSA) is 37.3 Å². The molecule has 0 radical (unpaired) electrons. The largest absolute Gasteiger partial charge is 0.478 e. The maximum absolute atomic E-state index is 10.4. The first-order chi connectivity index (χ1) is 9.15. The first-order valence-electron chi connectivity index (χ1n) is 6.80. The van der Waals surface area contributed by atoms with Gasteiger partial charge >= 0.3 is 5.97 Å². The summed E-state index contributed by atoms with van der Waals surface area (Å²) < 4.78 is 1.13. The summed E-state index contributed by atoms with van der Waals surface area (Å²) >= 11 is 3.46. The molecule has 0 aliphatic heterocycles. The lowest BCUT2D eigenvalue weighted by Crippen LogP contribution is -2.12. The number of carboxylic acids is 1. The second-order valence-corrected chi connectivity index (χ2v) is 6.16. The van der Waals surface area contributed by atoms with Crippen molar-refractivity contribution in [1.29, 1.82) is 0 Å². The zero-order chi connectivity index (χ0) is 13.7. The lowest BCUT2D eigenvalue weighted by atomic mass is 9.77. The van der Waals surface area contributed by atoms with Gasteiger partial charge in [-0.2, -0.15) is 0 Å². The van der Waals surface area contributed by atoms with Crippen molar-refractivity contribution in [1.82, 2.24) is 0 Å². The highest BCUT2D eigenvalue weighted by Crippen LogP contribution is 2.37. The number of benzene rings is 1. The molecule has 1 N–H and O–H groups in total. The number of hydrogen-bond donors (Lipinski definition) is 1. The minimum atomic E-state index is -0.844. The van der Waals surface area contributed by atoms with E-state index in [4.69, 9.17) is 5.11 Å². The lowest BCUT2D eigenvalue weighted by molar-refractivity contribution is -0.131. The van der Waals surface area contributed by atoms with Crippen LogP contribution in [-0.4, -0.2) is 11.1 Å². The minimum Gasteiger partial charge on any atom is -0.478 e. The Bertz CT molecular complexity index is 442. The zero-order valence-corrected chi connectivity index (χ0v) is 12.5. The predicted octanol–water partition coefficient (Wildman–Crippen LogP) is 4.75. The fourth-order valence-corrected chi connectivity index (χ4v) is 3.09. The number of carbonyl (C=O) groups is 1. The molecule has 19 heavy (non-hydrogen) atoms. The van der Waals surface area contributed by atoms with Crippen molar-refractivity contribution < 1.29 is 9.90 Å². The molecule has 0 spiro atoms. The van der Waals surface area contributed by atoms with Gasteiger partial charge in [-0.05, 0) is 61.6 Å². The highest BCUT2D eigenvalue weighted by atomic mass is 79.9. The fourth-order valence-electron chi connectivity index (χ4n) is 2.83. The van der Waals surface area contributed by atoms with Gasteiger partial charge in [-0.1, -0.05) is 34.1 Å². The van der Waals surface area contributed by atoms with E-state index in [0.717, 1.165) is 10.9 Å². The average Bonchev–Trinajstić information content (AvgIpc) is 2.40. The number of rotatable bonds is 4. The van der Waals surface area contributed by atoms with Crippen LogP contribution in [0, 0.1) is 5.92 Å². The zero-order valence-electron chi connectivity index (χ0n) is 10.9. The summed E-state index contributed by atoms with van der Waals surface area (Å²) in [6, 6.07) is 8.63. The fraction of sp³-hybridized carbons (Fsp3) is 0.438. The molecule has 1 aromatic rings. The molecule has 0 bridgehead atoms. The van der Waals surface area contributed by atoms with Crippen LogP contribution < -0.4 is 0 Å². The van der Waals surface area contributed by atoms with Gasteiger partial charge < -0.3 is 5.11 Å². The predicted molar refractivity (Wildman–Crippen MR) is 80.2 cm³/mol. The molecule has 1 aliphatic rings. The minimum absolute atomic E-state index is 0.655. The molecule has 1 aromatic carbocycles. The summed E-state index contributed by atoms with van der Waals surface area (Å²) in [4.78, 5) is 10.4. The number of aliphatic carboxylic acids is 1. The van der Waals surface area contributed by atoms with Crippen molar-refractivity contribution >= 4 is 21.9 Å². The van der Waals surface area contributed by atoms with Crippen molar-refractivity contribution in [3.63, 3.8) is 0 Å². The molecule has 102 valence electrons. The normalized spacial score (nSPS) is 23.6. The van der Waals surface area contributed by atoms with E-state index in [1.807, 2.05) is 0 Å². The van der Waals surface area contributed by atoms with Crippen LogP contribution in [-0.2, 0) is 4.79 Å². The molecule has 1 saturated carbocycles. The van der Waals surface area contributed by atoms with Crippen molar-refractivity contribution in [3.8, 4) is 0 Å². The first kappa shape index (κ1) is 14.3. The van der Waals surface area contributed by atoms with E-state index in [0.29, 0.717) is 11.8 Å². The van der Waals surface area contributed by atoms with Crippen molar-refractivity contribution in [2.45, 2.75) is 38.0 Å². The number of allylic oxidation sites excluding steroid dienone is 1. The van der Waals surface area contributed by atoms with Crippen LogP contribution in [0.3, 0.4) is 0 Å². The van der Waals surface area contributed by atoms with Gasteiger partial charge in [0.25, 0.3) is 0 Å². The van der Waals surface area contributed by atoms with E-state index in [-0.39, 0.29) is 0 Å². The van der Waals surface area contributed by atoms with Crippen LogP contribution in [0.1, 0.15) is 43.6 Å². The molecule has 0 unspecified atom stereocenters. The van der Waals surface area contributed by atoms with Gasteiger partial charge in [0.2, 0.25) is 0 Å². The summed E-state index contributed by atoms with van der Waals surface area (Å²) in [5.41, 5.74) is 1.43. The molecule has 0 aromatic heterocycles. The van der Waals surface area contributed by atoms with Gasteiger partial charge in [0.15, 0.2) is 0 Å². The van der Waals surface area contributed by atoms with Gasteiger partial charge in [0.05, 0.1) is 0 Å². The van der Waals surface area contributed by atoms with Crippen LogP contribution in [0.2, 0.25) is 0 Å². The van der Waals surface area contributed by atoms with Gasteiger partial charge in [-0.25, -0.2) is 4.79 Å². The van der Waals surface area contributed by atoms with E-state index in [2.05, 4.69) is 40.2 Å². The molecule has 2 nitrogen and oxygen atoms in total. The van der Waals surface area contributed by atoms with Crippen molar-refractivity contribution in [2.75, 3.05) is 0 Å². The van der Waals surface area contributed by atoms with E-state index in [9.17, 15) is 4.79 Å². The molecular weight excluding hydrogens is 304 g/mol. The molecule has 2 rings (SSSR count). The van der Waals surface area contributed by atoms with Crippen LogP contribution in [0.25, 0.3) is 0 Å². The Morgan fingerprint density at radius 2 is 1.84 bits per heavy atom. The first-order valence-corrected chi connectivity index (χ1v) is 7.59. The molecule has 0 atom stereocenters. The standard InChI is InChI=1S/C16H19BrO2/c17-15-10-8-14(9-11-15)13-6-4-12(5-7-13)2-1-3-16(18)19/h1,3,8-13H,2,4-7H2,(H,18,19)/b3-1+/t12-,13-. The van der Waals surface area contributed by atoms with Crippen LogP contribution >= 0.6 is 15.9 Å². The Morgan fingerprint density at radius 1 is 1.21 bits per heavy atom. The van der Waals surface area contributed by atoms with E-state index >= 15 is 0 Å². The number of hydrogen-bond acceptors (Lipinski definition) is 1. The molecule has 0 heterocycles. The summed E-state index contributed by atoms with van der Waals surface area (Å²) in [7, 11) is 0. The second-order valence-electron chi connectivity index (χ2n) is 5.25. The quantitative estimate of drug-likeness (QED) is 0.812. The van der Waals surface area contributed by atoms with Crippen LogP contribution in [0.15, 0.2) is 40.9 Å². The summed E-state index contributed by atoms with van der Waals surface area (Å²) in [5.74, 6) is 0.485. The maximum Gasteiger partial charge on any atom is 0.327 e. The molecule has 3 heteroatoms. The van der Waals surface area contributed by atoms with Gasteiger partial charge in [0, 0.05) is 10.5 Å². The number of halogens is 1. The SMILES string of the molecule is O=C(O)/C=C/C[C@H]1CC[C@H](c2ccc(Br)cc2)CC1. The molecule has 0 saturated heterocycles. The molecule has 1 aliphatic carbocycles. The Labute approximate surface area is 122 Å². The molecular formula is C16H19BrO2. The Morgan fingerprint density at radius 3 is 2.42 bits per heavy atom. The van der Waals surface area contributed by atoms with Gasteiger partial charge in [-0.3, -0.25) is 0 Å². The Kier molecular flexibility index (Phi) is 5.20. The van der Waals surface area contributed by atoms with E-state index in [1.165, 1.54) is 37.3 Å². The maximum atomic E-state index is 10.4. The Balaban J connectivity index is 1.82. The molecule has 0 amide bonds. The summed E-state index contributed by atoms with van der Waals surface area (Å²) in [6.07, 6.45) is 8.79. The third kappa shape index (κ3) is 4.50. The highest BCUT2D eigenvalue weighted by Gasteiger charge is 2.21. The van der Waals surface area contributed by atoms with Crippen molar-refractivity contribution in [3.05, 3.63) is 46.5 Å². The van der Waals surface area contributed by atoms with Gasteiger partial charge in [0.1, 0.15) is 0 Å². The van der Waals surface area contributed by atoms with Crippen LogP contribution in [0.5, 0.6) is 0 Å². The highest BCUT2D eigenvalue weighted by molar-refractivity contribution is 9.10. The third-order valence-corrected chi connectivity index (χ3v) is 4.45. The summed E-state index contributed by atoms with van der Waals surface area (Å²) in [5, 5.41) is 8.57. The number of carboxylic acid groups (broad SMARTS) is 1. The second kappa shape index (κ2) is 6.90. The average molecular weight is 323 g/mol. The van der Waals surface area contributed by atoms with Gasteiger partial charge in [-0.15, -0.1) is 0 Å². The van der Waals surface area contributed by atoms with E-state index < -0.39 is 5.97 Å². The summed E-state index contributed by atoms with van der Waals surface area (Å²) in [6.45, 7) is 0. The Hall–Kier alpha value is -1.09. The monoisotopic (exact) mass is 322 g/mol. The van der Waals surface area contributed by atoms with Crippen LogP contribution in [0.4, 0.5) is 0 Å². The third-order valence-electron chi connectivity index (χ3n) is 3.92. The van der Waals surface area contributed by atoms with E-state index in [1.54, 1.807) is 6.08 Å². The lowest BCUT2D eigenvalue weighted by Gasteiger charge is -2.28. The molecule has 1 fully saturated rings. The smallest absolute Gasteiger partial charge is 0.327 e.